The normalized spacial score (nSPS) is 16.8. The minimum atomic E-state index is -3.96. The van der Waals surface area contributed by atoms with Crippen molar-refractivity contribution >= 4 is 54.8 Å². The van der Waals surface area contributed by atoms with Gasteiger partial charge in [-0.05, 0) is 35.7 Å². The van der Waals surface area contributed by atoms with E-state index in [1.54, 1.807) is 42.5 Å². The third-order valence-corrected chi connectivity index (χ3v) is 7.79. The molecule has 2 N–H and O–H groups in total. The largest absolute Gasteiger partial charge is 0.460 e. The number of hydrogen-bond acceptors (Lipinski definition) is 5. The second kappa shape index (κ2) is 6.45. The van der Waals surface area contributed by atoms with Crippen molar-refractivity contribution in [1.82, 2.24) is 0 Å². The quantitative estimate of drug-likeness (QED) is 0.442. The van der Waals surface area contributed by atoms with Gasteiger partial charge < -0.3 is 9.73 Å². The third kappa shape index (κ3) is 2.97. The highest BCUT2D eigenvalue weighted by atomic mass is 32.2. The predicted octanol–water partition coefficient (Wildman–Crippen LogP) is 5.11. The van der Waals surface area contributed by atoms with E-state index in [-0.39, 0.29) is 22.0 Å². The second-order valence-corrected chi connectivity index (χ2v) is 11.1. The molecule has 0 saturated heterocycles. The van der Waals surface area contributed by atoms with Crippen molar-refractivity contribution in [2.45, 2.75) is 31.6 Å². The zero-order chi connectivity index (χ0) is 23.1. The van der Waals surface area contributed by atoms with Crippen molar-refractivity contribution in [3.63, 3.8) is 0 Å². The molecule has 3 aromatic carbocycles. The standard InChI is InChI=1S/C25H20N2O5S/c1-25(2)11-18(28)23-14-7-6-13(10-19(14)32-20(23)12-25)27-33(30,31)21-9-8-17-22-15(21)4-3-5-16(22)24(29)26-17/h3-10,27H,11-12H2,1-2H3,(H,26,29). The van der Waals surface area contributed by atoms with Crippen LogP contribution in [0, 0.1) is 5.41 Å². The topological polar surface area (TPSA) is 105 Å². The number of furan rings is 1. The van der Waals surface area contributed by atoms with E-state index in [4.69, 9.17) is 4.42 Å². The van der Waals surface area contributed by atoms with Gasteiger partial charge in [0.25, 0.3) is 15.9 Å². The third-order valence-electron chi connectivity index (χ3n) is 6.36. The Morgan fingerprint density at radius 2 is 1.82 bits per heavy atom. The lowest BCUT2D eigenvalue weighted by Gasteiger charge is -2.27. The van der Waals surface area contributed by atoms with Crippen LogP contribution in [0.5, 0.6) is 0 Å². The average molecular weight is 461 g/mol. The van der Waals surface area contributed by atoms with Crippen LogP contribution in [0.2, 0.25) is 0 Å². The van der Waals surface area contributed by atoms with Crippen molar-refractivity contribution in [1.29, 1.82) is 0 Å². The summed E-state index contributed by atoms with van der Waals surface area (Å²) in [5, 5.41) is 4.52. The molecule has 8 heteroatoms. The fourth-order valence-corrected chi connectivity index (χ4v) is 6.22. The minimum absolute atomic E-state index is 0.0457. The van der Waals surface area contributed by atoms with Crippen molar-refractivity contribution in [3.05, 3.63) is 65.4 Å². The zero-order valence-corrected chi connectivity index (χ0v) is 18.8. The summed E-state index contributed by atoms with van der Waals surface area (Å²) in [6.45, 7) is 4.06. The molecule has 0 unspecified atom stereocenters. The summed E-state index contributed by atoms with van der Waals surface area (Å²) in [6.07, 6.45) is 1.10. The second-order valence-electron chi connectivity index (χ2n) is 9.45. The van der Waals surface area contributed by atoms with E-state index in [0.717, 1.165) is 0 Å². The van der Waals surface area contributed by atoms with Crippen molar-refractivity contribution < 1.29 is 22.4 Å². The van der Waals surface area contributed by atoms with Crippen LogP contribution in [-0.2, 0) is 16.4 Å². The van der Waals surface area contributed by atoms with E-state index < -0.39 is 10.0 Å². The lowest BCUT2D eigenvalue weighted by Crippen LogP contribution is -2.25. The minimum Gasteiger partial charge on any atom is -0.460 e. The number of Topliss-reactive ketones (excluding diaryl/α,β-unsaturated/α-hetero) is 1. The molecule has 166 valence electrons. The number of amides is 1. The van der Waals surface area contributed by atoms with Gasteiger partial charge in [0, 0.05) is 46.3 Å². The van der Waals surface area contributed by atoms with Crippen LogP contribution in [0.25, 0.3) is 21.7 Å². The number of fused-ring (bicyclic) bond motifs is 3. The van der Waals surface area contributed by atoms with Crippen LogP contribution in [0.3, 0.4) is 0 Å². The molecule has 0 spiro atoms. The van der Waals surface area contributed by atoms with E-state index in [1.165, 1.54) is 6.07 Å². The molecule has 0 fully saturated rings. The zero-order valence-electron chi connectivity index (χ0n) is 18.0. The Balaban J connectivity index is 1.42. The fraction of sp³-hybridized carbons (Fsp3) is 0.200. The van der Waals surface area contributed by atoms with E-state index >= 15 is 0 Å². The van der Waals surface area contributed by atoms with Crippen molar-refractivity contribution in [2.24, 2.45) is 5.41 Å². The summed E-state index contributed by atoms with van der Waals surface area (Å²) < 4.78 is 35.2. The summed E-state index contributed by atoms with van der Waals surface area (Å²) in [5.41, 5.74) is 2.28. The lowest BCUT2D eigenvalue weighted by molar-refractivity contribution is 0.0905. The molecule has 0 atom stereocenters. The molecule has 1 aromatic heterocycles. The molecule has 6 rings (SSSR count). The van der Waals surface area contributed by atoms with E-state index in [1.807, 2.05) is 13.8 Å². The molecule has 4 aromatic rings. The highest BCUT2D eigenvalue weighted by molar-refractivity contribution is 7.93. The summed E-state index contributed by atoms with van der Waals surface area (Å²) >= 11 is 0. The summed E-state index contributed by atoms with van der Waals surface area (Å²) in [5.74, 6) is 0.448. The van der Waals surface area contributed by atoms with Crippen LogP contribution in [-0.4, -0.2) is 20.1 Å². The Labute approximate surface area is 189 Å². The number of nitrogens with one attached hydrogen (secondary N) is 2. The lowest BCUT2D eigenvalue weighted by atomic mass is 9.76. The fourth-order valence-electron chi connectivity index (χ4n) is 4.97. The molecule has 0 saturated carbocycles. The Morgan fingerprint density at radius 3 is 2.64 bits per heavy atom. The van der Waals surface area contributed by atoms with Crippen LogP contribution < -0.4 is 10.0 Å². The SMILES string of the molecule is CC1(C)CC(=O)c2c(oc3cc(NS(=O)(=O)c4ccc5c6c(cccc46)C(=O)N5)ccc23)C1. The Kier molecular flexibility index (Phi) is 3.91. The van der Waals surface area contributed by atoms with Gasteiger partial charge in [0.1, 0.15) is 11.3 Å². The van der Waals surface area contributed by atoms with Crippen molar-refractivity contribution in [3.8, 4) is 0 Å². The first-order valence-corrected chi connectivity index (χ1v) is 12.1. The maximum absolute atomic E-state index is 13.3. The summed E-state index contributed by atoms with van der Waals surface area (Å²) in [4.78, 5) is 24.9. The van der Waals surface area contributed by atoms with Crippen molar-refractivity contribution in [2.75, 3.05) is 10.0 Å². The van der Waals surface area contributed by atoms with Gasteiger partial charge in [0.2, 0.25) is 0 Å². The number of carbonyl (C=O) groups is 2. The molecule has 33 heavy (non-hydrogen) atoms. The molecule has 2 aliphatic rings. The number of hydrogen-bond donors (Lipinski definition) is 2. The molecular formula is C25H20N2O5S. The Bertz CT molecular complexity index is 1650. The smallest absolute Gasteiger partial charge is 0.262 e. The first-order chi connectivity index (χ1) is 15.6. The van der Waals surface area contributed by atoms with Crippen LogP contribution in [0.4, 0.5) is 11.4 Å². The number of rotatable bonds is 3. The van der Waals surface area contributed by atoms with Gasteiger partial charge in [-0.1, -0.05) is 26.0 Å². The first-order valence-electron chi connectivity index (χ1n) is 10.6. The molecule has 0 bridgehead atoms. The Morgan fingerprint density at radius 1 is 1.00 bits per heavy atom. The predicted molar refractivity (Wildman–Crippen MR) is 125 cm³/mol. The molecular weight excluding hydrogens is 440 g/mol. The van der Waals surface area contributed by atoms with E-state index in [0.29, 0.717) is 62.8 Å². The van der Waals surface area contributed by atoms with Crippen LogP contribution >= 0.6 is 0 Å². The average Bonchev–Trinajstić information content (AvgIpc) is 3.25. The first kappa shape index (κ1) is 20.0. The van der Waals surface area contributed by atoms with E-state index in [9.17, 15) is 18.0 Å². The van der Waals surface area contributed by atoms with Gasteiger partial charge in [-0.15, -0.1) is 0 Å². The van der Waals surface area contributed by atoms with Gasteiger partial charge >= 0.3 is 0 Å². The Hall–Kier alpha value is -3.65. The monoisotopic (exact) mass is 460 g/mol. The van der Waals surface area contributed by atoms with Gasteiger partial charge in [0.15, 0.2) is 5.78 Å². The van der Waals surface area contributed by atoms with Gasteiger partial charge in [-0.2, -0.15) is 0 Å². The van der Waals surface area contributed by atoms with Crippen LogP contribution in [0.15, 0.2) is 57.8 Å². The molecule has 1 aliphatic heterocycles. The molecule has 1 aliphatic carbocycles. The molecule has 7 nitrogen and oxygen atoms in total. The molecule has 0 radical (unpaired) electrons. The number of benzene rings is 3. The molecule has 2 heterocycles. The number of carbonyl (C=O) groups excluding carboxylic acids is 2. The summed E-state index contributed by atoms with van der Waals surface area (Å²) in [6, 6.07) is 13.1. The molecule has 1 amide bonds. The van der Waals surface area contributed by atoms with Gasteiger partial charge in [-0.3, -0.25) is 14.3 Å². The van der Waals surface area contributed by atoms with Gasteiger partial charge in [-0.25, -0.2) is 8.42 Å². The number of anilines is 2. The maximum atomic E-state index is 13.3. The highest BCUT2D eigenvalue weighted by Gasteiger charge is 2.35. The number of sulfonamides is 1. The van der Waals surface area contributed by atoms with Crippen LogP contribution in [0.1, 0.15) is 46.7 Å². The highest BCUT2D eigenvalue weighted by Crippen LogP contribution is 2.41. The van der Waals surface area contributed by atoms with Gasteiger partial charge in [0.05, 0.1) is 16.1 Å². The summed E-state index contributed by atoms with van der Waals surface area (Å²) in [7, 11) is -3.96. The van der Waals surface area contributed by atoms with E-state index in [2.05, 4.69) is 10.0 Å². The maximum Gasteiger partial charge on any atom is 0.262 e. The number of ketones is 1.